The number of hydrogen-bond acceptors (Lipinski definition) is 5. The second-order valence-corrected chi connectivity index (χ2v) is 12.3. The average molecular weight is 533 g/mol. The highest BCUT2D eigenvalue weighted by Gasteiger charge is 2.32. The highest BCUT2D eigenvalue weighted by atomic mass is 16.5. The quantitative estimate of drug-likeness (QED) is 0.110. The lowest BCUT2D eigenvalue weighted by atomic mass is 9.68. The van der Waals surface area contributed by atoms with Crippen LogP contribution in [0.3, 0.4) is 0 Å². The normalized spacial score (nSPS) is 24.4. The average Bonchev–Trinajstić information content (AvgIpc) is 2.93. The molecule has 0 amide bonds. The molecule has 0 spiro atoms. The first-order valence-corrected chi connectivity index (χ1v) is 15.6. The van der Waals surface area contributed by atoms with E-state index in [1.165, 1.54) is 103 Å². The first-order chi connectivity index (χ1) is 18.3. The van der Waals surface area contributed by atoms with Crippen molar-refractivity contribution in [1.82, 2.24) is 0 Å². The second kappa shape index (κ2) is 18.6. The summed E-state index contributed by atoms with van der Waals surface area (Å²) in [5.74, 6) is 2.23. The Labute approximate surface area is 232 Å². The number of aliphatic hydroxyl groups is 1. The molecule has 0 heterocycles. The minimum absolute atomic E-state index is 0.0420. The molecule has 5 nitrogen and oxygen atoms in total. The number of esters is 2. The summed E-state index contributed by atoms with van der Waals surface area (Å²) in [4.78, 5) is 23.9. The number of unbranched alkanes of at least 4 members (excludes halogenated alkanes) is 6. The zero-order valence-electron chi connectivity index (χ0n) is 24.5. The number of carbonyl (C=O) groups excluding carboxylic acids is 2. The summed E-state index contributed by atoms with van der Waals surface area (Å²) in [5, 5.41) is 9.12. The van der Waals surface area contributed by atoms with Gasteiger partial charge in [-0.05, 0) is 62.7 Å². The van der Waals surface area contributed by atoms with Crippen LogP contribution >= 0.6 is 0 Å². The molecule has 0 aliphatic heterocycles. The Bertz CT molecular complexity index is 713. The largest absolute Gasteiger partial charge is 0.462 e. The Morgan fingerprint density at radius 1 is 0.763 bits per heavy atom. The number of ether oxygens (including phenoxy) is 2. The first kappa shape index (κ1) is 32.6. The van der Waals surface area contributed by atoms with Crippen molar-refractivity contribution in [2.45, 2.75) is 123 Å². The van der Waals surface area contributed by atoms with Crippen molar-refractivity contribution in [2.75, 3.05) is 19.8 Å². The molecule has 2 rings (SSSR count). The predicted octanol–water partition coefficient (Wildman–Crippen LogP) is 7.96. The SMILES string of the molecule is C=C(C)C(=O)OCC(COC(=O)C(=C)CO)CC1CCC(C2CCC(CCCCCCCCC)CC2)CC1. The second-order valence-electron chi connectivity index (χ2n) is 12.3. The Balaban J connectivity index is 1.69. The van der Waals surface area contributed by atoms with E-state index >= 15 is 0 Å². The standard InChI is InChI=1S/C33H56O5/c1-5-6-7-8-9-10-11-12-27-13-17-30(18-14-27)31-19-15-28(16-20-31)21-29(23-37-32(35)25(2)3)24-38-33(36)26(4)22-34/h27-31,34H,2,4-24H2,1,3H3. The van der Waals surface area contributed by atoms with Gasteiger partial charge in [-0.2, -0.15) is 0 Å². The zero-order valence-corrected chi connectivity index (χ0v) is 24.5. The molecule has 38 heavy (non-hydrogen) atoms. The number of aliphatic hydroxyl groups excluding tert-OH is 1. The molecular formula is C33H56O5. The van der Waals surface area contributed by atoms with Crippen molar-refractivity contribution in [3.63, 3.8) is 0 Å². The van der Waals surface area contributed by atoms with E-state index < -0.39 is 18.5 Å². The van der Waals surface area contributed by atoms with E-state index in [1.807, 2.05) is 0 Å². The Kier molecular flexibility index (Phi) is 16.0. The van der Waals surface area contributed by atoms with Crippen LogP contribution < -0.4 is 0 Å². The van der Waals surface area contributed by atoms with Crippen LogP contribution in [0.2, 0.25) is 0 Å². The summed E-state index contributed by atoms with van der Waals surface area (Å²) in [6.45, 7) is 11.1. The molecule has 0 bridgehead atoms. The summed E-state index contributed by atoms with van der Waals surface area (Å²) >= 11 is 0. The van der Waals surface area contributed by atoms with Gasteiger partial charge in [-0.1, -0.05) is 97.1 Å². The fourth-order valence-corrected chi connectivity index (χ4v) is 6.57. The summed E-state index contributed by atoms with van der Waals surface area (Å²) in [6, 6.07) is 0. The van der Waals surface area contributed by atoms with Crippen molar-refractivity contribution >= 4 is 11.9 Å². The molecule has 0 aromatic carbocycles. The molecule has 2 aliphatic carbocycles. The lowest BCUT2D eigenvalue weighted by molar-refractivity contribution is -0.144. The van der Waals surface area contributed by atoms with Crippen molar-refractivity contribution in [1.29, 1.82) is 0 Å². The smallest absolute Gasteiger partial charge is 0.335 e. The van der Waals surface area contributed by atoms with Gasteiger partial charge in [0.15, 0.2) is 0 Å². The van der Waals surface area contributed by atoms with E-state index in [2.05, 4.69) is 20.1 Å². The van der Waals surface area contributed by atoms with Crippen molar-refractivity contribution in [2.24, 2.45) is 29.6 Å². The summed E-state index contributed by atoms with van der Waals surface area (Å²) in [7, 11) is 0. The van der Waals surface area contributed by atoms with Crippen molar-refractivity contribution < 1.29 is 24.2 Å². The number of rotatable bonds is 18. The molecule has 1 atom stereocenters. The molecule has 5 heteroatoms. The monoisotopic (exact) mass is 532 g/mol. The fourth-order valence-electron chi connectivity index (χ4n) is 6.57. The van der Waals surface area contributed by atoms with Gasteiger partial charge in [-0.25, -0.2) is 9.59 Å². The summed E-state index contributed by atoms with van der Waals surface area (Å²) in [5.41, 5.74) is 0.410. The van der Waals surface area contributed by atoms with Gasteiger partial charge < -0.3 is 14.6 Å². The lowest BCUT2D eigenvalue weighted by Gasteiger charge is -2.38. The zero-order chi connectivity index (χ0) is 27.8. The topological polar surface area (TPSA) is 72.8 Å². The van der Waals surface area contributed by atoms with Crippen molar-refractivity contribution in [3.05, 3.63) is 24.3 Å². The molecule has 2 saturated carbocycles. The van der Waals surface area contributed by atoms with Gasteiger partial charge >= 0.3 is 11.9 Å². The third-order valence-corrected chi connectivity index (χ3v) is 9.06. The molecule has 1 unspecified atom stereocenters. The van der Waals surface area contributed by atoms with E-state index in [4.69, 9.17) is 14.6 Å². The first-order valence-electron chi connectivity index (χ1n) is 15.6. The van der Waals surface area contributed by atoms with Crippen LogP contribution in [0.5, 0.6) is 0 Å². The Hall–Kier alpha value is -1.62. The third kappa shape index (κ3) is 12.5. The van der Waals surface area contributed by atoms with Gasteiger partial charge in [0, 0.05) is 11.5 Å². The van der Waals surface area contributed by atoms with Gasteiger partial charge in [-0.3, -0.25) is 0 Å². The molecule has 0 radical (unpaired) electrons. The fraction of sp³-hybridized carbons (Fsp3) is 0.818. The van der Waals surface area contributed by atoms with E-state index in [-0.39, 0.29) is 24.7 Å². The Morgan fingerprint density at radius 2 is 1.26 bits per heavy atom. The Morgan fingerprint density at radius 3 is 1.79 bits per heavy atom. The van der Waals surface area contributed by atoms with Crippen LogP contribution in [-0.2, 0) is 19.1 Å². The molecule has 2 fully saturated rings. The molecular weight excluding hydrogens is 476 g/mol. The molecule has 2 aliphatic rings. The lowest BCUT2D eigenvalue weighted by Crippen LogP contribution is -2.28. The molecule has 0 aromatic heterocycles. The van der Waals surface area contributed by atoms with Gasteiger partial charge in [0.05, 0.1) is 25.4 Å². The minimum Gasteiger partial charge on any atom is -0.462 e. The molecule has 218 valence electrons. The van der Waals surface area contributed by atoms with Gasteiger partial charge in [-0.15, -0.1) is 0 Å². The van der Waals surface area contributed by atoms with Crippen LogP contribution in [0, 0.1) is 29.6 Å². The van der Waals surface area contributed by atoms with E-state index in [1.54, 1.807) is 6.92 Å². The number of hydrogen-bond donors (Lipinski definition) is 1. The van der Waals surface area contributed by atoms with E-state index in [9.17, 15) is 9.59 Å². The number of carbonyl (C=O) groups is 2. The highest BCUT2D eigenvalue weighted by Crippen LogP contribution is 2.43. The molecule has 0 aromatic rings. The molecule has 0 saturated heterocycles. The highest BCUT2D eigenvalue weighted by molar-refractivity contribution is 5.88. The summed E-state index contributed by atoms with van der Waals surface area (Å²) < 4.78 is 10.8. The minimum atomic E-state index is -0.588. The van der Waals surface area contributed by atoms with Gasteiger partial charge in [0.2, 0.25) is 0 Å². The van der Waals surface area contributed by atoms with E-state index in [0.717, 1.165) is 24.2 Å². The van der Waals surface area contributed by atoms with Gasteiger partial charge in [0.25, 0.3) is 0 Å². The van der Waals surface area contributed by atoms with Crippen LogP contribution in [0.25, 0.3) is 0 Å². The van der Waals surface area contributed by atoms with Crippen molar-refractivity contribution in [3.8, 4) is 0 Å². The maximum Gasteiger partial charge on any atom is 0.335 e. The maximum atomic E-state index is 12.0. The van der Waals surface area contributed by atoms with Crippen LogP contribution in [-0.4, -0.2) is 36.9 Å². The van der Waals surface area contributed by atoms with Crippen LogP contribution in [0.4, 0.5) is 0 Å². The van der Waals surface area contributed by atoms with Gasteiger partial charge in [0.1, 0.15) is 0 Å². The summed E-state index contributed by atoms with van der Waals surface area (Å²) in [6.07, 6.45) is 22.8. The third-order valence-electron chi connectivity index (χ3n) is 9.06. The van der Waals surface area contributed by atoms with E-state index in [0.29, 0.717) is 11.5 Å². The maximum absolute atomic E-state index is 12.0. The van der Waals surface area contributed by atoms with Crippen LogP contribution in [0.15, 0.2) is 24.3 Å². The molecule has 1 N–H and O–H groups in total. The predicted molar refractivity (Wildman–Crippen MR) is 155 cm³/mol. The van der Waals surface area contributed by atoms with Crippen LogP contribution in [0.1, 0.15) is 123 Å².